The first-order chi connectivity index (χ1) is 60.8. The zero-order chi connectivity index (χ0) is 95.3. The summed E-state index contributed by atoms with van der Waals surface area (Å²) in [6.07, 6.45) is -99.9. The van der Waals surface area contributed by atoms with Crippen LogP contribution in [0.25, 0.3) is 0 Å². The van der Waals surface area contributed by atoms with Crippen LogP contribution in [0.15, 0.2) is 0 Å². The molecule has 58 nitrogen and oxygen atoms in total. The van der Waals surface area contributed by atoms with Gasteiger partial charge >= 0.3 is 5.97 Å². The van der Waals surface area contributed by atoms with Crippen LogP contribution in [-0.4, -0.2) is 561 Å². The van der Waals surface area contributed by atoms with E-state index in [4.69, 9.17) is 90.0 Å². The molecule has 4 amide bonds. The van der Waals surface area contributed by atoms with Crippen LogP contribution in [0, 0.1) is 0 Å². The molecule has 0 aliphatic carbocycles. The maximum absolute atomic E-state index is 13.2. The van der Waals surface area contributed by atoms with E-state index >= 15 is 0 Å². The molecular formula is C71H118N4O54. The topological polar surface area (TPSA) is 916 Å². The van der Waals surface area contributed by atoms with E-state index < -0.39 is 414 Å². The number of aliphatic hydroxyl groups excluding tert-OH is 29. The number of carbonyl (C=O) groups excluding carboxylic acids is 4. The van der Waals surface area contributed by atoms with Gasteiger partial charge in [0.2, 0.25) is 23.6 Å². The smallest absolute Gasteiger partial charge is 0.364 e. The third-order valence-corrected chi connectivity index (χ3v) is 23.4. The molecule has 10 aliphatic rings. The molecule has 34 N–H and O–H groups in total. The molecule has 0 bridgehead atoms. The van der Waals surface area contributed by atoms with Crippen molar-refractivity contribution in [1.82, 2.24) is 21.3 Å². The van der Waals surface area contributed by atoms with E-state index in [1.165, 1.54) is 0 Å². The van der Waals surface area contributed by atoms with Gasteiger partial charge in [-0.3, -0.25) is 19.2 Å². The fourth-order valence-electron chi connectivity index (χ4n) is 16.5. The van der Waals surface area contributed by atoms with Gasteiger partial charge in [-0.05, 0) is 0 Å². The Morgan fingerprint density at radius 2 is 0.612 bits per heavy atom. The summed E-state index contributed by atoms with van der Waals surface area (Å²) >= 11 is 0. The Kier molecular flexibility index (Phi) is 38.0. The predicted octanol–water partition coefficient (Wildman–Crippen LogP) is -23.0. The molecule has 746 valence electrons. The van der Waals surface area contributed by atoms with Crippen molar-refractivity contribution in [2.75, 3.05) is 66.1 Å². The molecule has 0 spiro atoms. The van der Waals surface area contributed by atoms with Crippen molar-refractivity contribution in [3.63, 3.8) is 0 Å². The highest BCUT2D eigenvalue weighted by Gasteiger charge is 2.64. The number of ether oxygens (including phenoxy) is 19. The summed E-state index contributed by atoms with van der Waals surface area (Å²) < 4.78 is 111. The van der Waals surface area contributed by atoms with E-state index in [1.807, 2.05) is 0 Å². The molecule has 0 aromatic carbocycles. The number of amides is 4. The summed E-state index contributed by atoms with van der Waals surface area (Å²) in [5, 5.41) is 342. The summed E-state index contributed by atoms with van der Waals surface area (Å²) in [4.78, 5) is 63.2. The van der Waals surface area contributed by atoms with Crippen molar-refractivity contribution in [2.45, 2.75) is 347 Å². The second-order valence-electron chi connectivity index (χ2n) is 32.5. The van der Waals surface area contributed by atoms with Crippen LogP contribution in [0.1, 0.15) is 34.1 Å². The van der Waals surface area contributed by atoms with Crippen molar-refractivity contribution < 1.29 is 267 Å². The normalized spacial score (nSPS) is 48.1. The van der Waals surface area contributed by atoms with Gasteiger partial charge in [-0.2, -0.15) is 0 Å². The van der Waals surface area contributed by atoms with E-state index in [0.717, 1.165) is 27.7 Å². The standard InChI is InChI=1S/C71H118N4O54/c1-16(83)72-31-20(87)5-71(70(109)110,128-57(31)35(89)21(88)6-76)129-60-39(93)24(9-79)117-69(53(60)107)125-55-26(11-81)118-62(33(43(55)97)74-18(3)85)111-13-28-38(92)47(101)48(102)64(120-28)112-14-29-40(94)58(126-66-49(103)45(99)36(90)22(7-77)115-66)51(105)65(121-29)113-15-30-41(95)59(127-67-50(104)46(100)37(91)23(8-78)116-67)52(106)68(122-30)124-56-27(12-82)119-63(34(44(56)98)75-19(4)86)123-54-25(10-80)114-61(108)32(42(54)96)73-17(2)84/h20-69,76-82,87-108H,5-15H2,1-4H3,(H,72,83)(H,73,84)(H,74,85)(H,75,86)(H,109,110)/t20-,21+,22+,23+,24+,25+,26+,27+,28+,29+,30+,31+,32+,33+,34-,35+,36+,37+,38+,39-,40+,41+,42+,43+,44+,45-,46-,47-,48-,49-,50-,51-,52-,53+,54+,55+,56+,57+,58-,59-,60-,61+,62+,63-,64-,65-,66+,67+,68-,69-,71-/m0/s1. The lowest BCUT2D eigenvalue weighted by molar-refractivity contribution is -0.388. The molecule has 10 heterocycles. The van der Waals surface area contributed by atoms with Crippen LogP contribution < -0.4 is 21.3 Å². The van der Waals surface area contributed by atoms with Gasteiger partial charge in [0.15, 0.2) is 56.6 Å². The van der Waals surface area contributed by atoms with Crippen LogP contribution >= 0.6 is 0 Å². The molecule has 0 aromatic rings. The number of rotatable bonds is 35. The Labute approximate surface area is 728 Å². The Morgan fingerprint density at radius 1 is 0.318 bits per heavy atom. The number of hydrogen-bond acceptors (Lipinski definition) is 53. The minimum absolute atomic E-state index is 0.785. The van der Waals surface area contributed by atoms with Crippen molar-refractivity contribution in [3.05, 3.63) is 0 Å². The first-order valence-corrected chi connectivity index (χ1v) is 40.8. The number of carbonyl (C=O) groups is 5. The van der Waals surface area contributed by atoms with E-state index in [-0.39, 0.29) is 0 Å². The van der Waals surface area contributed by atoms with Crippen molar-refractivity contribution in [3.8, 4) is 0 Å². The van der Waals surface area contributed by atoms with Gasteiger partial charge in [-0.15, -0.1) is 0 Å². The van der Waals surface area contributed by atoms with Crippen LogP contribution in [0.3, 0.4) is 0 Å². The quantitative estimate of drug-likeness (QED) is 0.0280. The van der Waals surface area contributed by atoms with Gasteiger partial charge in [0.1, 0.15) is 238 Å². The van der Waals surface area contributed by atoms with Crippen molar-refractivity contribution in [1.29, 1.82) is 0 Å². The minimum Gasteiger partial charge on any atom is -0.477 e. The lowest BCUT2D eigenvalue weighted by Gasteiger charge is -2.51. The second kappa shape index (κ2) is 46.1. The highest BCUT2D eigenvalue weighted by atomic mass is 16.8. The summed E-state index contributed by atoms with van der Waals surface area (Å²) in [7, 11) is 0. The van der Waals surface area contributed by atoms with Gasteiger partial charge in [-0.25, -0.2) is 4.79 Å². The molecular weight excluding hydrogens is 1770 g/mol. The average Bonchev–Trinajstić information content (AvgIpc) is 0.754. The fourth-order valence-corrected chi connectivity index (χ4v) is 16.5. The van der Waals surface area contributed by atoms with Crippen molar-refractivity contribution in [2.24, 2.45) is 0 Å². The largest absolute Gasteiger partial charge is 0.477 e. The Hall–Kier alpha value is -4.57. The van der Waals surface area contributed by atoms with Gasteiger partial charge < -0.3 is 264 Å². The number of nitrogens with one attached hydrogen (secondary N) is 4. The summed E-state index contributed by atoms with van der Waals surface area (Å²) in [6.45, 7) is -7.43. The first kappa shape index (κ1) is 106. The summed E-state index contributed by atoms with van der Waals surface area (Å²) in [5.74, 6) is -8.94. The summed E-state index contributed by atoms with van der Waals surface area (Å²) in [6, 6.07) is -7.15. The van der Waals surface area contributed by atoms with Gasteiger partial charge in [-0.1, -0.05) is 0 Å². The maximum Gasteiger partial charge on any atom is 0.364 e. The average molecular weight is 1890 g/mol. The van der Waals surface area contributed by atoms with Crippen LogP contribution in [0.4, 0.5) is 0 Å². The van der Waals surface area contributed by atoms with E-state index in [9.17, 15) is 177 Å². The molecule has 10 aliphatic heterocycles. The molecule has 0 unspecified atom stereocenters. The number of carboxylic acids is 1. The van der Waals surface area contributed by atoms with Crippen molar-refractivity contribution >= 4 is 29.6 Å². The molecule has 0 radical (unpaired) electrons. The molecule has 10 rings (SSSR count). The van der Waals surface area contributed by atoms with Gasteiger partial charge in [0.25, 0.3) is 5.79 Å². The molecule has 0 saturated carbocycles. The van der Waals surface area contributed by atoms with Crippen LogP contribution in [0.2, 0.25) is 0 Å². The molecule has 51 atom stereocenters. The van der Waals surface area contributed by atoms with Crippen LogP contribution in [-0.2, 0) is 114 Å². The number of hydrogen-bond donors (Lipinski definition) is 34. The van der Waals surface area contributed by atoms with Crippen LogP contribution in [0.5, 0.6) is 0 Å². The molecule has 10 fully saturated rings. The molecule has 0 aromatic heterocycles. The zero-order valence-corrected chi connectivity index (χ0v) is 68.9. The van der Waals surface area contributed by atoms with E-state index in [2.05, 4.69) is 21.3 Å². The second-order valence-corrected chi connectivity index (χ2v) is 32.5. The Morgan fingerprint density at radius 3 is 1.04 bits per heavy atom. The predicted molar refractivity (Wildman–Crippen MR) is 393 cm³/mol. The zero-order valence-electron chi connectivity index (χ0n) is 68.9. The highest BCUT2D eigenvalue weighted by molar-refractivity contribution is 5.77. The number of aliphatic carboxylic acids is 1. The maximum atomic E-state index is 13.2. The Balaban J connectivity index is 0.874. The minimum atomic E-state index is -3.27. The highest BCUT2D eigenvalue weighted by Crippen LogP contribution is 2.42. The summed E-state index contributed by atoms with van der Waals surface area (Å²) in [5.41, 5.74) is 0. The molecule has 10 saturated heterocycles. The molecule has 129 heavy (non-hydrogen) atoms. The number of carboxylic acid groups (broad SMARTS) is 1. The first-order valence-electron chi connectivity index (χ1n) is 40.8. The van der Waals surface area contributed by atoms with Gasteiger partial charge in [0, 0.05) is 34.1 Å². The third kappa shape index (κ3) is 23.6. The monoisotopic (exact) mass is 1890 g/mol. The van der Waals surface area contributed by atoms with E-state index in [0.29, 0.717) is 0 Å². The lowest BCUT2D eigenvalue weighted by atomic mass is 9.88. The lowest BCUT2D eigenvalue weighted by Crippen LogP contribution is -2.71. The van der Waals surface area contributed by atoms with E-state index in [1.54, 1.807) is 0 Å². The number of aliphatic hydroxyl groups is 29. The third-order valence-electron chi connectivity index (χ3n) is 23.4. The molecule has 58 heteroatoms. The fraction of sp³-hybridized carbons (Fsp3) is 0.930. The SMILES string of the molecule is CC(=O)N[C@@H]1[C@H](O[C@H]2[C@H](O)[C@@H](NC(C)=O)[C@H](O)O[C@@H]2CO)O[C@H](CO)[C@@H](O[C@@H]2O[C@H](CO[C@H]3O[C@H](CO[C@H]4O[C@H](CO[C@@H]5O[C@H](CO)[C@@H](O[C@@H]6O[C@H](CO)[C@H](O)[C@H](O[C@]7(C(=O)O)C[C@H](O)[C@@H](NC(C)=O)[C@H]([C@H](O)[C@H](O)CO)O7)[C@H]6O)[C@H](O)[C@H]5NC(C)=O)[C@@H](O)[C@H](O)[C@@H]4O)[C@@H](O)[C@H](O[C@H]4O[C@H](CO)[C@@H](O)[C@H](O)[C@@H]4O)[C@@H]3O)[C@@H](O)[C@H](O[C@H]3O[C@H](CO)[C@@H](O)[C@H](O)[C@@H]3O)[C@@H]2O)[C@@H]1O. The van der Waals surface area contributed by atoms with Gasteiger partial charge in [0.05, 0.1) is 78.2 Å². The Bertz CT molecular complexity index is 3550.